The van der Waals surface area contributed by atoms with Crippen LogP contribution in [0.25, 0.3) is 55.8 Å². The van der Waals surface area contributed by atoms with E-state index in [4.69, 9.17) is 4.98 Å². The van der Waals surface area contributed by atoms with Gasteiger partial charge >= 0.3 is 0 Å². The van der Waals surface area contributed by atoms with Crippen LogP contribution in [-0.4, -0.2) is 54.1 Å². The molecule has 6 rings (SSSR count). The van der Waals surface area contributed by atoms with Gasteiger partial charge in [0.25, 0.3) is 0 Å². The molecule has 2 N–H and O–H groups in total. The fourth-order valence-corrected chi connectivity index (χ4v) is 4.25. The summed E-state index contributed by atoms with van der Waals surface area (Å²) < 4.78 is 0. The third-order valence-electron chi connectivity index (χ3n) is 5.75. The monoisotopic (exact) mass is 446 g/mol. The summed E-state index contributed by atoms with van der Waals surface area (Å²) in [7, 11) is 4.09. The summed E-state index contributed by atoms with van der Waals surface area (Å²) in [5, 5.41) is 8.72. The van der Waals surface area contributed by atoms with Crippen LogP contribution in [0.3, 0.4) is 0 Å². The molecule has 0 fully saturated rings. The zero-order valence-corrected chi connectivity index (χ0v) is 18.8. The maximum atomic E-state index is 4.96. The van der Waals surface area contributed by atoms with Crippen LogP contribution >= 0.6 is 0 Å². The molecule has 8 nitrogen and oxygen atoms in total. The van der Waals surface area contributed by atoms with Crippen molar-refractivity contribution >= 4 is 21.9 Å². The molecule has 0 atom stereocenters. The van der Waals surface area contributed by atoms with Crippen molar-refractivity contribution in [2.75, 3.05) is 14.1 Å². The maximum absolute atomic E-state index is 4.96. The predicted molar refractivity (Wildman–Crippen MR) is 133 cm³/mol. The van der Waals surface area contributed by atoms with Crippen molar-refractivity contribution in [3.8, 4) is 33.9 Å². The highest BCUT2D eigenvalue weighted by atomic mass is 15.1. The van der Waals surface area contributed by atoms with Crippen LogP contribution in [0.5, 0.6) is 0 Å². The molecule has 0 aliphatic heterocycles. The molecule has 0 aliphatic carbocycles. The van der Waals surface area contributed by atoms with Crippen molar-refractivity contribution in [3.05, 3.63) is 79.0 Å². The molecule has 0 aromatic carbocycles. The maximum Gasteiger partial charge on any atom is 0.135 e. The van der Waals surface area contributed by atoms with E-state index in [-0.39, 0.29) is 0 Å². The highest BCUT2D eigenvalue weighted by Crippen LogP contribution is 2.33. The fourth-order valence-electron chi connectivity index (χ4n) is 4.25. The summed E-state index contributed by atoms with van der Waals surface area (Å²) in [5.74, 6) is 0. The van der Waals surface area contributed by atoms with E-state index in [1.165, 1.54) is 0 Å². The summed E-state index contributed by atoms with van der Waals surface area (Å²) in [5.41, 5.74) is 9.23. The summed E-state index contributed by atoms with van der Waals surface area (Å²) in [6, 6.07) is 14.1. The van der Waals surface area contributed by atoms with Gasteiger partial charge < -0.3 is 9.88 Å². The Morgan fingerprint density at radius 1 is 0.824 bits per heavy atom. The molecule has 0 radical (unpaired) electrons. The van der Waals surface area contributed by atoms with Crippen molar-refractivity contribution in [1.29, 1.82) is 0 Å². The molecule has 0 spiro atoms. The number of fused-ring (bicyclic) bond motifs is 2. The van der Waals surface area contributed by atoms with E-state index in [0.717, 1.165) is 67.9 Å². The minimum absolute atomic E-state index is 0.770. The molecule has 34 heavy (non-hydrogen) atoms. The topological polar surface area (TPSA) is 99.3 Å². The van der Waals surface area contributed by atoms with Gasteiger partial charge in [-0.25, -0.2) is 4.98 Å². The molecule has 8 heteroatoms. The number of H-pyrrole nitrogens is 2. The molecule has 166 valence electrons. The average Bonchev–Trinajstić information content (AvgIpc) is 3.48. The van der Waals surface area contributed by atoms with Crippen molar-refractivity contribution in [3.63, 3.8) is 0 Å². The SMILES string of the molecule is CN(C)Cc1cncc(-c2ccc3[nH]nc(-c4cc5c(-c6ccncc6)nccc5[nH]4)c3n2)c1. The minimum atomic E-state index is 0.770. The molecule has 0 saturated carbocycles. The van der Waals surface area contributed by atoms with E-state index in [1.54, 1.807) is 12.4 Å². The van der Waals surface area contributed by atoms with Gasteiger partial charge in [0.1, 0.15) is 11.2 Å². The van der Waals surface area contributed by atoms with Crippen LogP contribution in [0.2, 0.25) is 0 Å². The van der Waals surface area contributed by atoms with Gasteiger partial charge in [0, 0.05) is 59.6 Å². The number of nitrogens with one attached hydrogen (secondary N) is 2. The molecule has 0 saturated heterocycles. The lowest BCUT2D eigenvalue weighted by atomic mass is 10.1. The number of hydrogen-bond donors (Lipinski definition) is 2. The molecule has 0 aliphatic rings. The van der Waals surface area contributed by atoms with E-state index >= 15 is 0 Å². The summed E-state index contributed by atoms with van der Waals surface area (Å²) in [6.07, 6.45) is 9.11. The van der Waals surface area contributed by atoms with Crippen LogP contribution < -0.4 is 0 Å². The average molecular weight is 447 g/mol. The predicted octanol–water partition coefficient (Wildman–Crippen LogP) is 4.69. The molecular weight excluding hydrogens is 424 g/mol. The van der Waals surface area contributed by atoms with E-state index in [0.29, 0.717) is 0 Å². The molecule has 6 aromatic heterocycles. The summed E-state index contributed by atoms with van der Waals surface area (Å²) in [4.78, 5) is 23.7. The summed E-state index contributed by atoms with van der Waals surface area (Å²) in [6.45, 7) is 0.822. The van der Waals surface area contributed by atoms with Gasteiger partial charge in [0.15, 0.2) is 0 Å². The Balaban J connectivity index is 1.45. The molecule has 6 aromatic rings. The zero-order valence-electron chi connectivity index (χ0n) is 18.8. The van der Waals surface area contributed by atoms with Gasteiger partial charge in [-0.2, -0.15) is 5.10 Å². The number of nitrogens with zero attached hydrogens (tertiary/aromatic N) is 6. The molecule has 6 heterocycles. The number of aromatic nitrogens is 7. The largest absolute Gasteiger partial charge is 0.353 e. The second kappa shape index (κ2) is 8.17. The second-order valence-electron chi connectivity index (χ2n) is 8.52. The lowest BCUT2D eigenvalue weighted by Gasteiger charge is -2.10. The quantitative estimate of drug-likeness (QED) is 0.399. The first-order valence-corrected chi connectivity index (χ1v) is 11.0. The van der Waals surface area contributed by atoms with E-state index in [2.05, 4.69) is 47.2 Å². The normalized spacial score (nSPS) is 11.6. The molecule has 0 bridgehead atoms. The van der Waals surface area contributed by atoms with E-state index < -0.39 is 0 Å². The van der Waals surface area contributed by atoms with Gasteiger partial charge in [0.05, 0.1) is 22.6 Å². The Morgan fingerprint density at radius 3 is 2.56 bits per heavy atom. The van der Waals surface area contributed by atoms with Gasteiger partial charge in [-0.1, -0.05) is 0 Å². The van der Waals surface area contributed by atoms with Crippen LogP contribution in [0.1, 0.15) is 5.56 Å². The highest BCUT2D eigenvalue weighted by Gasteiger charge is 2.16. The Morgan fingerprint density at radius 2 is 1.71 bits per heavy atom. The Labute approximate surface area is 195 Å². The third-order valence-corrected chi connectivity index (χ3v) is 5.75. The van der Waals surface area contributed by atoms with Gasteiger partial charge in [0.2, 0.25) is 0 Å². The van der Waals surface area contributed by atoms with Crippen LogP contribution in [0.4, 0.5) is 0 Å². The second-order valence-corrected chi connectivity index (χ2v) is 8.52. The first-order valence-electron chi connectivity index (χ1n) is 11.0. The first-order chi connectivity index (χ1) is 16.7. The lowest BCUT2D eigenvalue weighted by Crippen LogP contribution is -2.10. The number of pyridine rings is 4. The van der Waals surface area contributed by atoms with Crippen LogP contribution in [0.15, 0.2) is 73.4 Å². The number of aromatic amines is 2. The minimum Gasteiger partial charge on any atom is -0.353 e. The summed E-state index contributed by atoms with van der Waals surface area (Å²) >= 11 is 0. The zero-order chi connectivity index (χ0) is 23.1. The van der Waals surface area contributed by atoms with Crippen LogP contribution in [0, 0.1) is 0 Å². The molecular formula is C26H22N8. The van der Waals surface area contributed by atoms with E-state index in [1.807, 2.05) is 63.0 Å². The smallest absolute Gasteiger partial charge is 0.135 e. The van der Waals surface area contributed by atoms with Gasteiger partial charge in [-0.15, -0.1) is 0 Å². The highest BCUT2D eigenvalue weighted by molar-refractivity contribution is 5.99. The number of hydrogen-bond acceptors (Lipinski definition) is 6. The fraction of sp³-hybridized carbons (Fsp3) is 0.115. The lowest BCUT2D eigenvalue weighted by molar-refractivity contribution is 0.402. The Bertz CT molecular complexity index is 1610. The van der Waals surface area contributed by atoms with Crippen LogP contribution in [-0.2, 0) is 6.54 Å². The molecule has 0 unspecified atom stereocenters. The third kappa shape index (κ3) is 3.60. The Kier molecular flexibility index (Phi) is 4.85. The van der Waals surface area contributed by atoms with Gasteiger partial charge in [-0.3, -0.25) is 20.1 Å². The first kappa shape index (κ1) is 20.2. The van der Waals surface area contributed by atoms with Crippen molar-refractivity contribution in [1.82, 2.24) is 40.0 Å². The van der Waals surface area contributed by atoms with Gasteiger partial charge in [-0.05, 0) is 62.1 Å². The van der Waals surface area contributed by atoms with Crippen molar-refractivity contribution in [2.45, 2.75) is 6.54 Å². The standard InChI is InChI=1S/C26H22N8/c1-34(2)15-16-11-18(14-28-13-16)20-3-4-22-25(31-20)26(33-32-22)23-12-19-21(30-23)7-10-29-24(19)17-5-8-27-9-6-17/h3-14,30H,15H2,1-2H3,(H,32,33). The van der Waals surface area contributed by atoms with Crippen molar-refractivity contribution in [2.24, 2.45) is 0 Å². The van der Waals surface area contributed by atoms with Crippen molar-refractivity contribution < 1.29 is 0 Å². The molecule has 0 amide bonds. The number of rotatable bonds is 5. The Hall–Kier alpha value is -4.43. The van der Waals surface area contributed by atoms with E-state index in [9.17, 15) is 0 Å².